The van der Waals surface area contributed by atoms with E-state index in [0.717, 1.165) is 12.8 Å². The summed E-state index contributed by atoms with van der Waals surface area (Å²) in [6.45, 7) is 9.01. The van der Waals surface area contributed by atoms with Gasteiger partial charge in [-0.05, 0) is 47.5 Å². The van der Waals surface area contributed by atoms with Crippen LogP contribution in [0.4, 0.5) is 4.79 Å². The first kappa shape index (κ1) is 20.2. The molecule has 1 aliphatic rings. The molecule has 7 heteroatoms. The van der Waals surface area contributed by atoms with Crippen LogP contribution in [-0.2, 0) is 19.0 Å². The first-order valence-electron chi connectivity index (χ1n) is 7.95. The van der Waals surface area contributed by atoms with Gasteiger partial charge < -0.3 is 19.5 Å². The lowest BCUT2D eigenvalue weighted by Gasteiger charge is -2.21. The van der Waals surface area contributed by atoms with Crippen molar-refractivity contribution in [2.45, 2.75) is 77.5 Å². The predicted molar refractivity (Wildman–Crippen MR) is 87.6 cm³/mol. The van der Waals surface area contributed by atoms with Gasteiger partial charge in [0.15, 0.2) is 11.6 Å². The summed E-state index contributed by atoms with van der Waals surface area (Å²) in [7, 11) is 0. The summed E-state index contributed by atoms with van der Waals surface area (Å²) < 4.78 is 16.6. The number of nitrogens with one attached hydrogen (secondary N) is 1. The number of carbonyl (C=O) groups is 2. The summed E-state index contributed by atoms with van der Waals surface area (Å²) >= 11 is 5.63. The number of rotatable bonds is 7. The number of carbonyl (C=O) groups excluding carboxylic acids is 2. The lowest BCUT2D eigenvalue weighted by atomic mass is 10.0. The standard InChI is InChI=1S/C16H28ClNO5/c1-15(2,3)23-14(20)18-10-12-13(22-16(4,5)21-12)11(19)8-6-7-9-17/h12-13H,6-10H2,1-5H3,(H,18,20)/t12-,13+/m1/s1. The minimum atomic E-state index is -0.854. The lowest BCUT2D eigenvalue weighted by Crippen LogP contribution is -2.42. The van der Waals surface area contributed by atoms with Gasteiger partial charge in [0, 0.05) is 12.3 Å². The Labute approximate surface area is 143 Å². The molecule has 0 aromatic carbocycles. The molecule has 23 heavy (non-hydrogen) atoms. The summed E-state index contributed by atoms with van der Waals surface area (Å²) in [6.07, 6.45) is 0.134. The maximum Gasteiger partial charge on any atom is 0.407 e. The number of unbranched alkanes of at least 4 members (excludes halogenated alkanes) is 1. The van der Waals surface area contributed by atoms with E-state index in [4.69, 9.17) is 25.8 Å². The molecule has 0 radical (unpaired) electrons. The molecule has 1 saturated heterocycles. The fraction of sp³-hybridized carbons (Fsp3) is 0.875. The van der Waals surface area contributed by atoms with Crippen molar-refractivity contribution in [1.82, 2.24) is 5.32 Å². The molecule has 1 aliphatic heterocycles. The Morgan fingerprint density at radius 1 is 1.22 bits per heavy atom. The smallest absolute Gasteiger partial charge is 0.407 e. The summed E-state index contributed by atoms with van der Waals surface area (Å²) in [5, 5.41) is 2.63. The topological polar surface area (TPSA) is 73.9 Å². The zero-order valence-corrected chi connectivity index (χ0v) is 15.4. The van der Waals surface area contributed by atoms with E-state index in [2.05, 4.69) is 5.32 Å². The lowest BCUT2D eigenvalue weighted by molar-refractivity contribution is -0.154. The van der Waals surface area contributed by atoms with Gasteiger partial charge in [-0.1, -0.05) is 0 Å². The van der Waals surface area contributed by atoms with E-state index in [9.17, 15) is 9.59 Å². The van der Waals surface area contributed by atoms with Gasteiger partial charge >= 0.3 is 6.09 Å². The van der Waals surface area contributed by atoms with E-state index in [1.54, 1.807) is 34.6 Å². The van der Waals surface area contributed by atoms with Crippen molar-refractivity contribution in [3.05, 3.63) is 0 Å². The molecule has 1 N–H and O–H groups in total. The van der Waals surface area contributed by atoms with Gasteiger partial charge in [0.05, 0.1) is 6.54 Å². The zero-order chi connectivity index (χ0) is 17.7. The quantitative estimate of drug-likeness (QED) is 0.565. The molecule has 2 atom stereocenters. The third kappa shape index (κ3) is 7.50. The third-order valence-corrected chi connectivity index (χ3v) is 3.42. The molecule has 0 aromatic heterocycles. The number of hydrogen-bond donors (Lipinski definition) is 1. The molecule has 1 heterocycles. The average Bonchev–Trinajstić information content (AvgIpc) is 2.70. The second-order valence-corrected chi connectivity index (χ2v) is 7.47. The van der Waals surface area contributed by atoms with Crippen LogP contribution in [-0.4, -0.2) is 47.9 Å². The van der Waals surface area contributed by atoms with Gasteiger partial charge in [0.25, 0.3) is 0 Å². The number of ketones is 1. The SMILES string of the molecule is CC(C)(C)OC(=O)NC[C@H]1OC(C)(C)O[C@H]1C(=O)CCCCCl. The van der Waals surface area contributed by atoms with Crippen LogP contribution in [0.2, 0.25) is 0 Å². The van der Waals surface area contributed by atoms with Crippen LogP contribution in [0.1, 0.15) is 53.9 Å². The molecule has 0 bridgehead atoms. The third-order valence-electron chi connectivity index (χ3n) is 3.15. The molecule has 0 aromatic rings. The molecule has 0 unspecified atom stereocenters. The van der Waals surface area contributed by atoms with E-state index in [-0.39, 0.29) is 12.3 Å². The van der Waals surface area contributed by atoms with Crippen molar-refractivity contribution in [3.8, 4) is 0 Å². The van der Waals surface area contributed by atoms with Crippen LogP contribution in [0.15, 0.2) is 0 Å². The number of Topliss-reactive ketones (excluding diaryl/α,β-unsaturated/α-hetero) is 1. The van der Waals surface area contributed by atoms with Crippen LogP contribution >= 0.6 is 11.6 Å². The molecule has 0 saturated carbocycles. The predicted octanol–water partition coefficient (Wildman–Crippen LogP) is 3.01. The maximum absolute atomic E-state index is 12.3. The van der Waals surface area contributed by atoms with E-state index >= 15 is 0 Å². The number of alkyl carbamates (subject to hydrolysis) is 1. The molecule has 6 nitrogen and oxygen atoms in total. The normalized spacial score (nSPS) is 23.6. The van der Waals surface area contributed by atoms with Crippen LogP contribution in [0, 0.1) is 0 Å². The Bertz CT molecular complexity index is 419. The number of ether oxygens (including phenoxy) is 3. The minimum absolute atomic E-state index is 0.0309. The maximum atomic E-state index is 12.3. The van der Waals surface area contributed by atoms with Crippen LogP contribution < -0.4 is 5.32 Å². The van der Waals surface area contributed by atoms with Crippen molar-refractivity contribution in [2.75, 3.05) is 12.4 Å². The molecule has 0 spiro atoms. The zero-order valence-electron chi connectivity index (χ0n) is 14.6. The molecule has 1 rings (SSSR count). The number of amides is 1. The Balaban J connectivity index is 2.56. The molecule has 134 valence electrons. The number of halogens is 1. The molecule has 1 fully saturated rings. The van der Waals surface area contributed by atoms with Crippen LogP contribution in [0.5, 0.6) is 0 Å². The highest BCUT2D eigenvalue weighted by molar-refractivity contribution is 6.17. The average molecular weight is 350 g/mol. The Kier molecular flexibility index (Phi) is 7.29. The van der Waals surface area contributed by atoms with Gasteiger partial charge in [-0.2, -0.15) is 0 Å². The van der Waals surface area contributed by atoms with E-state index in [0.29, 0.717) is 12.3 Å². The molecule has 1 amide bonds. The Morgan fingerprint density at radius 3 is 2.43 bits per heavy atom. The fourth-order valence-electron chi connectivity index (χ4n) is 2.29. The molecular weight excluding hydrogens is 322 g/mol. The number of hydrogen-bond acceptors (Lipinski definition) is 5. The van der Waals surface area contributed by atoms with Crippen molar-refractivity contribution < 1.29 is 23.8 Å². The van der Waals surface area contributed by atoms with E-state index < -0.39 is 29.7 Å². The number of alkyl halides is 1. The van der Waals surface area contributed by atoms with Gasteiger partial charge in [0.2, 0.25) is 0 Å². The van der Waals surface area contributed by atoms with E-state index in [1.807, 2.05) is 0 Å². The summed E-state index contributed by atoms with van der Waals surface area (Å²) in [6, 6.07) is 0. The van der Waals surface area contributed by atoms with Gasteiger partial charge in [-0.15, -0.1) is 11.6 Å². The Hall–Kier alpha value is -0.850. The highest BCUT2D eigenvalue weighted by atomic mass is 35.5. The van der Waals surface area contributed by atoms with Crippen molar-refractivity contribution >= 4 is 23.5 Å². The molecular formula is C16H28ClNO5. The van der Waals surface area contributed by atoms with E-state index in [1.165, 1.54) is 0 Å². The second kappa shape index (κ2) is 8.31. The monoisotopic (exact) mass is 349 g/mol. The van der Waals surface area contributed by atoms with Gasteiger partial charge in [-0.3, -0.25) is 4.79 Å². The van der Waals surface area contributed by atoms with Gasteiger partial charge in [-0.25, -0.2) is 4.79 Å². The largest absolute Gasteiger partial charge is 0.444 e. The van der Waals surface area contributed by atoms with Crippen LogP contribution in [0.25, 0.3) is 0 Å². The van der Waals surface area contributed by atoms with Crippen molar-refractivity contribution in [1.29, 1.82) is 0 Å². The second-order valence-electron chi connectivity index (χ2n) is 7.09. The minimum Gasteiger partial charge on any atom is -0.444 e. The fourth-order valence-corrected chi connectivity index (χ4v) is 2.48. The highest BCUT2D eigenvalue weighted by Gasteiger charge is 2.44. The first-order chi connectivity index (χ1) is 10.5. The summed E-state index contributed by atoms with van der Waals surface area (Å²) in [4.78, 5) is 24.0. The first-order valence-corrected chi connectivity index (χ1v) is 8.49. The van der Waals surface area contributed by atoms with Crippen molar-refractivity contribution in [2.24, 2.45) is 0 Å². The Morgan fingerprint density at radius 2 is 1.87 bits per heavy atom. The van der Waals surface area contributed by atoms with Crippen molar-refractivity contribution in [3.63, 3.8) is 0 Å². The molecule has 0 aliphatic carbocycles. The summed E-state index contributed by atoms with van der Waals surface area (Å²) in [5.74, 6) is -0.353. The van der Waals surface area contributed by atoms with Crippen LogP contribution in [0.3, 0.4) is 0 Å². The van der Waals surface area contributed by atoms with Gasteiger partial charge in [0.1, 0.15) is 17.8 Å². The highest BCUT2D eigenvalue weighted by Crippen LogP contribution is 2.29. The summed E-state index contributed by atoms with van der Waals surface area (Å²) in [5.41, 5.74) is -0.576.